The number of carbonyl (C=O) groups excluding carboxylic acids is 1. The normalized spacial score (nSPS) is 14.8. The molecule has 1 amide bonds. The van der Waals surface area contributed by atoms with Crippen molar-refractivity contribution in [3.8, 4) is 0 Å². The molecule has 2 aromatic carbocycles. The molecule has 0 saturated carbocycles. The third-order valence-corrected chi connectivity index (χ3v) is 6.86. The first-order valence-corrected chi connectivity index (χ1v) is 10.5. The summed E-state index contributed by atoms with van der Waals surface area (Å²) in [6.07, 6.45) is 1.85. The predicted octanol–water partition coefficient (Wildman–Crippen LogP) is 2.76. The number of nitrogens with zero attached hydrogens (tertiary/aromatic N) is 2. The van der Waals surface area contributed by atoms with Crippen molar-refractivity contribution >= 4 is 34.0 Å². The number of amides is 1. The average molecular weight is 424 g/mol. The number of rotatable bonds is 5. The second-order valence-corrected chi connectivity index (χ2v) is 8.70. The molecular weight excluding hydrogens is 398 g/mol. The second kappa shape index (κ2) is 9.41. The molecule has 3 rings (SSSR count). The molecule has 8 heteroatoms. The lowest BCUT2D eigenvalue weighted by molar-refractivity contribution is 0.0703. The van der Waals surface area contributed by atoms with Crippen molar-refractivity contribution in [1.29, 1.82) is 0 Å². The Labute approximate surface area is 173 Å². The van der Waals surface area contributed by atoms with Crippen molar-refractivity contribution in [2.75, 3.05) is 31.5 Å². The van der Waals surface area contributed by atoms with Gasteiger partial charge in [-0.25, -0.2) is 8.42 Å². The first-order valence-electron chi connectivity index (χ1n) is 9.03. The molecule has 1 fully saturated rings. The van der Waals surface area contributed by atoms with Crippen molar-refractivity contribution < 1.29 is 13.2 Å². The van der Waals surface area contributed by atoms with Crippen molar-refractivity contribution in [3.05, 3.63) is 60.2 Å². The van der Waals surface area contributed by atoms with Crippen molar-refractivity contribution in [3.63, 3.8) is 0 Å². The Morgan fingerprint density at radius 1 is 0.964 bits per heavy atom. The van der Waals surface area contributed by atoms with Crippen LogP contribution < -0.4 is 9.62 Å². The Bertz CT molecular complexity index is 883. The maximum Gasteiger partial charge on any atom is 0.264 e. The third kappa shape index (κ3) is 4.66. The van der Waals surface area contributed by atoms with Crippen LogP contribution in [0.15, 0.2) is 59.5 Å². The van der Waals surface area contributed by atoms with E-state index in [1.165, 1.54) is 23.5 Å². The molecule has 1 aliphatic rings. The molecule has 6 nitrogen and oxygen atoms in total. The zero-order chi connectivity index (χ0) is 19.4. The van der Waals surface area contributed by atoms with E-state index in [-0.39, 0.29) is 29.3 Å². The zero-order valence-corrected chi connectivity index (χ0v) is 17.7. The number of halogens is 1. The summed E-state index contributed by atoms with van der Waals surface area (Å²) in [7, 11) is -0.341. The fourth-order valence-corrected chi connectivity index (χ4v) is 4.46. The number of hydrogen-bond acceptors (Lipinski definition) is 4. The Hall–Kier alpha value is -2.09. The lowest BCUT2D eigenvalue weighted by Crippen LogP contribution is -2.43. The maximum absolute atomic E-state index is 12.8. The van der Waals surface area contributed by atoms with Gasteiger partial charge in [0.2, 0.25) is 0 Å². The number of anilines is 1. The largest absolute Gasteiger partial charge is 0.339 e. The van der Waals surface area contributed by atoms with Gasteiger partial charge >= 0.3 is 0 Å². The highest BCUT2D eigenvalue weighted by Crippen LogP contribution is 2.22. The Balaban J connectivity index is 0.00000280. The molecule has 0 spiro atoms. The van der Waals surface area contributed by atoms with Gasteiger partial charge in [-0.05, 0) is 62.3 Å². The van der Waals surface area contributed by atoms with Crippen LogP contribution in [0.4, 0.5) is 5.69 Å². The van der Waals surface area contributed by atoms with E-state index in [2.05, 4.69) is 5.32 Å². The number of para-hydroxylation sites is 1. The Morgan fingerprint density at radius 3 is 2.11 bits per heavy atom. The average Bonchev–Trinajstić information content (AvgIpc) is 2.73. The molecular formula is C20H26ClN3O3S. The summed E-state index contributed by atoms with van der Waals surface area (Å²) in [4.78, 5) is 14.6. The minimum Gasteiger partial charge on any atom is -0.339 e. The predicted molar refractivity (Wildman–Crippen MR) is 114 cm³/mol. The molecule has 28 heavy (non-hydrogen) atoms. The highest BCUT2D eigenvalue weighted by molar-refractivity contribution is 7.92. The molecule has 0 atom stereocenters. The van der Waals surface area contributed by atoms with E-state index in [4.69, 9.17) is 0 Å². The van der Waals surface area contributed by atoms with Crippen LogP contribution in [0.5, 0.6) is 0 Å². The molecule has 1 N–H and O–H groups in total. The highest BCUT2D eigenvalue weighted by atomic mass is 35.5. The number of carbonyl (C=O) groups is 1. The van der Waals surface area contributed by atoms with Gasteiger partial charge in [-0.2, -0.15) is 0 Å². The van der Waals surface area contributed by atoms with Crippen molar-refractivity contribution in [2.45, 2.75) is 23.8 Å². The first-order chi connectivity index (χ1) is 12.9. The van der Waals surface area contributed by atoms with Crippen LogP contribution in [0.25, 0.3) is 0 Å². The first kappa shape index (κ1) is 22.2. The van der Waals surface area contributed by atoms with Gasteiger partial charge in [-0.3, -0.25) is 9.10 Å². The monoisotopic (exact) mass is 423 g/mol. The highest BCUT2D eigenvalue weighted by Gasteiger charge is 2.24. The summed E-state index contributed by atoms with van der Waals surface area (Å²) < 4.78 is 26.9. The summed E-state index contributed by atoms with van der Waals surface area (Å²) >= 11 is 0. The van der Waals surface area contributed by atoms with Gasteiger partial charge in [0.1, 0.15) is 0 Å². The summed E-state index contributed by atoms with van der Waals surface area (Å²) in [5.41, 5.74) is 1.08. The van der Waals surface area contributed by atoms with Gasteiger partial charge in [0, 0.05) is 25.7 Å². The van der Waals surface area contributed by atoms with Gasteiger partial charge in [-0.15, -0.1) is 12.4 Å². The maximum atomic E-state index is 12.8. The third-order valence-electron chi connectivity index (χ3n) is 5.06. The van der Waals surface area contributed by atoms with Crippen LogP contribution in [0.3, 0.4) is 0 Å². The molecule has 2 aromatic rings. The fourth-order valence-electron chi connectivity index (χ4n) is 3.27. The number of benzene rings is 2. The Kier molecular flexibility index (Phi) is 7.46. The number of piperidine rings is 1. The second-order valence-electron chi connectivity index (χ2n) is 6.73. The van der Waals surface area contributed by atoms with E-state index in [0.29, 0.717) is 11.3 Å². The molecule has 0 aliphatic carbocycles. The SMILES string of the molecule is CN(C(=O)c1ccc(S(=O)(=O)N(C)c2ccccc2)cc1)C1CCNCC1.Cl. The van der Waals surface area contributed by atoms with Crippen molar-refractivity contribution in [2.24, 2.45) is 0 Å². The molecule has 0 aromatic heterocycles. The van der Waals surface area contributed by atoms with Gasteiger partial charge in [0.15, 0.2) is 0 Å². The molecule has 0 unspecified atom stereocenters. The van der Waals surface area contributed by atoms with Gasteiger partial charge in [0.05, 0.1) is 10.6 Å². The van der Waals surface area contributed by atoms with E-state index in [0.717, 1.165) is 25.9 Å². The lowest BCUT2D eigenvalue weighted by atomic mass is 10.0. The summed E-state index contributed by atoms with van der Waals surface area (Å²) in [5, 5.41) is 3.29. The summed E-state index contributed by atoms with van der Waals surface area (Å²) in [5.74, 6) is -0.0812. The minimum absolute atomic E-state index is 0. The van der Waals surface area contributed by atoms with Crippen LogP contribution in [0.1, 0.15) is 23.2 Å². The van der Waals surface area contributed by atoms with Crippen LogP contribution in [-0.2, 0) is 10.0 Å². The molecule has 152 valence electrons. The summed E-state index contributed by atoms with van der Waals surface area (Å²) in [6, 6.07) is 15.3. The Morgan fingerprint density at radius 2 is 1.54 bits per heavy atom. The molecule has 0 bridgehead atoms. The fraction of sp³-hybridized carbons (Fsp3) is 0.350. The van der Waals surface area contributed by atoms with Crippen LogP contribution >= 0.6 is 12.4 Å². The van der Waals surface area contributed by atoms with Crippen LogP contribution in [-0.4, -0.2) is 52.5 Å². The number of hydrogen-bond donors (Lipinski definition) is 1. The molecule has 1 heterocycles. The van der Waals surface area contributed by atoms with Gasteiger partial charge in [-0.1, -0.05) is 18.2 Å². The minimum atomic E-state index is -3.68. The van der Waals surface area contributed by atoms with Crippen LogP contribution in [0.2, 0.25) is 0 Å². The van der Waals surface area contributed by atoms with E-state index < -0.39 is 10.0 Å². The standard InChI is InChI=1S/C20H25N3O3S.ClH/c1-22(17-12-14-21-15-13-17)20(24)16-8-10-19(11-9-16)27(25,26)23(2)18-6-4-3-5-7-18;/h3-11,17,21H,12-15H2,1-2H3;1H. The van der Waals surface area contributed by atoms with Crippen LogP contribution in [0, 0.1) is 0 Å². The van der Waals surface area contributed by atoms with E-state index >= 15 is 0 Å². The quantitative estimate of drug-likeness (QED) is 0.802. The molecule has 0 radical (unpaired) electrons. The van der Waals surface area contributed by atoms with E-state index in [1.54, 1.807) is 41.3 Å². The van der Waals surface area contributed by atoms with Gasteiger partial charge in [0.25, 0.3) is 15.9 Å². The topological polar surface area (TPSA) is 69.7 Å². The number of sulfonamides is 1. The number of nitrogens with one attached hydrogen (secondary N) is 1. The van der Waals surface area contributed by atoms with Gasteiger partial charge < -0.3 is 10.2 Å². The zero-order valence-electron chi connectivity index (χ0n) is 16.0. The summed E-state index contributed by atoms with van der Waals surface area (Å²) in [6.45, 7) is 1.82. The van der Waals surface area contributed by atoms with E-state index in [9.17, 15) is 13.2 Å². The van der Waals surface area contributed by atoms with E-state index in [1.807, 2.05) is 13.1 Å². The smallest absolute Gasteiger partial charge is 0.264 e. The van der Waals surface area contributed by atoms with Crippen molar-refractivity contribution in [1.82, 2.24) is 10.2 Å². The lowest BCUT2D eigenvalue weighted by Gasteiger charge is -2.31. The molecule has 1 saturated heterocycles. The molecule has 1 aliphatic heterocycles.